The van der Waals surface area contributed by atoms with Crippen LogP contribution in [-0.2, 0) is 16.0 Å². The SMILES string of the molecule is COc1ccc(CCNC(=O)C(N)=O)c(OC)c1. The first-order valence-corrected chi connectivity index (χ1v) is 5.37. The zero-order valence-corrected chi connectivity index (χ0v) is 10.4. The van der Waals surface area contributed by atoms with Crippen molar-refractivity contribution in [2.75, 3.05) is 20.8 Å². The molecular formula is C12H16N2O4. The molecule has 0 aromatic heterocycles. The standard InChI is InChI=1S/C12H16N2O4/c1-17-9-4-3-8(10(7-9)18-2)5-6-14-12(16)11(13)15/h3-4,7H,5-6H2,1-2H3,(H2,13,15)(H,14,16). The average Bonchev–Trinajstić information content (AvgIpc) is 2.38. The van der Waals surface area contributed by atoms with Crippen LogP contribution >= 0.6 is 0 Å². The summed E-state index contributed by atoms with van der Waals surface area (Å²) in [4.78, 5) is 21.5. The highest BCUT2D eigenvalue weighted by atomic mass is 16.5. The summed E-state index contributed by atoms with van der Waals surface area (Å²) >= 11 is 0. The summed E-state index contributed by atoms with van der Waals surface area (Å²) in [7, 11) is 3.13. The topological polar surface area (TPSA) is 90.6 Å². The number of carbonyl (C=O) groups excluding carboxylic acids is 2. The van der Waals surface area contributed by atoms with Crippen LogP contribution in [0.2, 0.25) is 0 Å². The third-order valence-electron chi connectivity index (χ3n) is 2.40. The summed E-state index contributed by atoms with van der Waals surface area (Å²) in [6.07, 6.45) is 0.534. The molecule has 0 bridgehead atoms. The van der Waals surface area contributed by atoms with Crippen molar-refractivity contribution < 1.29 is 19.1 Å². The normalized spacial score (nSPS) is 9.67. The van der Waals surface area contributed by atoms with Crippen molar-refractivity contribution >= 4 is 11.8 Å². The van der Waals surface area contributed by atoms with Crippen LogP contribution in [0.1, 0.15) is 5.56 Å². The fourth-order valence-corrected chi connectivity index (χ4v) is 1.46. The van der Waals surface area contributed by atoms with E-state index in [-0.39, 0.29) is 0 Å². The van der Waals surface area contributed by atoms with Crippen molar-refractivity contribution in [2.45, 2.75) is 6.42 Å². The second-order valence-corrected chi connectivity index (χ2v) is 3.55. The van der Waals surface area contributed by atoms with Crippen molar-refractivity contribution in [1.29, 1.82) is 0 Å². The number of hydrogen-bond donors (Lipinski definition) is 2. The van der Waals surface area contributed by atoms with Gasteiger partial charge in [0.15, 0.2) is 0 Å². The van der Waals surface area contributed by atoms with Crippen molar-refractivity contribution in [3.05, 3.63) is 23.8 Å². The minimum absolute atomic E-state index is 0.310. The van der Waals surface area contributed by atoms with Gasteiger partial charge in [-0.3, -0.25) is 9.59 Å². The molecule has 0 aliphatic heterocycles. The van der Waals surface area contributed by atoms with Gasteiger partial charge in [0, 0.05) is 12.6 Å². The third kappa shape index (κ3) is 3.65. The molecule has 98 valence electrons. The number of nitrogens with one attached hydrogen (secondary N) is 1. The van der Waals surface area contributed by atoms with Gasteiger partial charge in [0.05, 0.1) is 14.2 Å². The van der Waals surface area contributed by atoms with Crippen LogP contribution in [0.3, 0.4) is 0 Å². The zero-order chi connectivity index (χ0) is 13.5. The summed E-state index contributed by atoms with van der Waals surface area (Å²) in [5.41, 5.74) is 5.72. The van der Waals surface area contributed by atoms with Gasteiger partial charge in [-0.05, 0) is 18.1 Å². The molecule has 1 aromatic rings. The van der Waals surface area contributed by atoms with Gasteiger partial charge in [0.25, 0.3) is 0 Å². The Hall–Kier alpha value is -2.24. The molecule has 0 atom stereocenters. The van der Waals surface area contributed by atoms with E-state index >= 15 is 0 Å². The molecule has 1 rings (SSSR count). The predicted molar refractivity (Wildman–Crippen MR) is 65.5 cm³/mol. The van der Waals surface area contributed by atoms with Crippen LogP contribution in [-0.4, -0.2) is 32.6 Å². The summed E-state index contributed by atoms with van der Waals surface area (Å²) in [6, 6.07) is 5.40. The molecule has 0 aliphatic rings. The lowest BCUT2D eigenvalue weighted by molar-refractivity contribution is -0.137. The number of amides is 2. The Morgan fingerprint density at radius 3 is 2.56 bits per heavy atom. The lowest BCUT2D eigenvalue weighted by Crippen LogP contribution is -2.37. The van der Waals surface area contributed by atoms with Crippen LogP contribution < -0.4 is 20.5 Å². The second kappa shape index (κ2) is 6.48. The fourth-order valence-electron chi connectivity index (χ4n) is 1.46. The fraction of sp³-hybridized carbons (Fsp3) is 0.333. The molecular weight excluding hydrogens is 236 g/mol. The molecule has 0 fully saturated rings. The Balaban J connectivity index is 2.62. The van der Waals surface area contributed by atoms with Crippen molar-refractivity contribution in [3.63, 3.8) is 0 Å². The van der Waals surface area contributed by atoms with Crippen molar-refractivity contribution in [1.82, 2.24) is 5.32 Å². The second-order valence-electron chi connectivity index (χ2n) is 3.55. The third-order valence-corrected chi connectivity index (χ3v) is 2.40. The lowest BCUT2D eigenvalue weighted by atomic mass is 10.1. The molecule has 0 radical (unpaired) electrons. The Morgan fingerprint density at radius 2 is 2.00 bits per heavy atom. The van der Waals surface area contributed by atoms with Crippen LogP contribution in [0.4, 0.5) is 0 Å². The molecule has 1 aromatic carbocycles. The van der Waals surface area contributed by atoms with Crippen molar-refractivity contribution in [2.24, 2.45) is 5.73 Å². The van der Waals surface area contributed by atoms with Gasteiger partial charge in [0.2, 0.25) is 0 Å². The number of nitrogens with two attached hydrogens (primary N) is 1. The maximum atomic E-state index is 11.0. The van der Waals surface area contributed by atoms with Gasteiger partial charge in [-0.15, -0.1) is 0 Å². The Morgan fingerprint density at radius 1 is 1.28 bits per heavy atom. The quantitative estimate of drug-likeness (QED) is 0.713. The van der Waals surface area contributed by atoms with E-state index < -0.39 is 11.8 Å². The van der Waals surface area contributed by atoms with E-state index in [1.165, 1.54) is 0 Å². The van der Waals surface area contributed by atoms with E-state index in [1.54, 1.807) is 26.4 Å². The number of ether oxygens (including phenoxy) is 2. The molecule has 3 N–H and O–H groups in total. The van der Waals surface area contributed by atoms with Gasteiger partial charge in [-0.1, -0.05) is 6.07 Å². The van der Waals surface area contributed by atoms with Gasteiger partial charge in [0.1, 0.15) is 11.5 Å². The largest absolute Gasteiger partial charge is 0.497 e. The van der Waals surface area contributed by atoms with Crippen LogP contribution in [0.5, 0.6) is 11.5 Å². The van der Waals surface area contributed by atoms with E-state index in [1.807, 2.05) is 6.07 Å². The number of hydrogen-bond acceptors (Lipinski definition) is 4. The molecule has 0 saturated heterocycles. The van der Waals surface area contributed by atoms with E-state index in [4.69, 9.17) is 15.2 Å². The highest BCUT2D eigenvalue weighted by molar-refractivity contribution is 6.34. The lowest BCUT2D eigenvalue weighted by Gasteiger charge is -2.10. The monoisotopic (exact) mass is 252 g/mol. The molecule has 0 unspecified atom stereocenters. The summed E-state index contributed by atoms with van der Waals surface area (Å²) in [5.74, 6) is -0.418. The Bertz CT molecular complexity index is 446. The summed E-state index contributed by atoms with van der Waals surface area (Å²) < 4.78 is 10.3. The molecule has 2 amide bonds. The number of rotatable bonds is 5. The highest BCUT2D eigenvalue weighted by Gasteiger charge is 2.09. The molecule has 0 spiro atoms. The number of primary amides is 1. The van der Waals surface area contributed by atoms with Gasteiger partial charge < -0.3 is 20.5 Å². The van der Waals surface area contributed by atoms with Gasteiger partial charge in [-0.25, -0.2) is 0 Å². The minimum Gasteiger partial charge on any atom is -0.497 e. The smallest absolute Gasteiger partial charge is 0.309 e. The van der Waals surface area contributed by atoms with Gasteiger partial charge >= 0.3 is 11.8 Å². The van der Waals surface area contributed by atoms with E-state index in [2.05, 4.69) is 5.32 Å². The van der Waals surface area contributed by atoms with E-state index in [0.717, 1.165) is 5.56 Å². The summed E-state index contributed by atoms with van der Waals surface area (Å²) in [5, 5.41) is 2.41. The first-order chi connectivity index (χ1) is 8.58. The minimum atomic E-state index is -0.989. The summed E-state index contributed by atoms with van der Waals surface area (Å²) in [6.45, 7) is 0.310. The number of carbonyl (C=O) groups is 2. The molecule has 0 aliphatic carbocycles. The van der Waals surface area contributed by atoms with E-state index in [9.17, 15) is 9.59 Å². The van der Waals surface area contributed by atoms with E-state index in [0.29, 0.717) is 24.5 Å². The van der Waals surface area contributed by atoms with Crippen LogP contribution in [0.15, 0.2) is 18.2 Å². The Labute approximate surface area is 105 Å². The van der Waals surface area contributed by atoms with Gasteiger partial charge in [-0.2, -0.15) is 0 Å². The number of methoxy groups -OCH3 is 2. The Kier molecular flexibility index (Phi) is 4.98. The molecule has 6 nitrogen and oxygen atoms in total. The molecule has 0 heterocycles. The number of benzene rings is 1. The average molecular weight is 252 g/mol. The maximum Gasteiger partial charge on any atom is 0.309 e. The molecule has 18 heavy (non-hydrogen) atoms. The zero-order valence-electron chi connectivity index (χ0n) is 10.4. The first-order valence-electron chi connectivity index (χ1n) is 5.37. The van der Waals surface area contributed by atoms with Crippen LogP contribution in [0.25, 0.3) is 0 Å². The molecule has 0 saturated carbocycles. The van der Waals surface area contributed by atoms with Crippen molar-refractivity contribution in [3.8, 4) is 11.5 Å². The molecule has 6 heteroatoms. The predicted octanol–water partition coefficient (Wildman–Crippen LogP) is -0.152. The highest BCUT2D eigenvalue weighted by Crippen LogP contribution is 2.24. The first kappa shape index (κ1) is 13.8. The van der Waals surface area contributed by atoms with Crippen LogP contribution in [0, 0.1) is 0 Å². The maximum absolute atomic E-state index is 11.0.